The molecule has 5 heteroatoms. The fourth-order valence-corrected chi connectivity index (χ4v) is 1.49. The fraction of sp³-hybridized carbons (Fsp3) is 0.429. The minimum Gasteiger partial charge on any atom is -0.445 e. The van der Waals surface area contributed by atoms with Crippen molar-refractivity contribution in [2.75, 3.05) is 13.6 Å². The summed E-state index contributed by atoms with van der Waals surface area (Å²) in [5.41, 5.74) is 0.905. The van der Waals surface area contributed by atoms with Gasteiger partial charge in [-0.1, -0.05) is 30.3 Å². The second kappa shape index (κ2) is 7.41. The van der Waals surface area contributed by atoms with E-state index >= 15 is 0 Å². The Morgan fingerprint density at radius 2 is 1.95 bits per heavy atom. The molecule has 1 N–H and O–H groups in total. The molecule has 1 atom stereocenters. The maximum Gasteiger partial charge on any atom is 0.408 e. The number of hydrogen-bond donors (Lipinski definition) is 1. The first-order chi connectivity index (χ1) is 9.04. The summed E-state index contributed by atoms with van der Waals surface area (Å²) in [7, 11) is 1.69. The van der Waals surface area contributed by atoms with Crippen molar-refractivity contribution in [1.82, 2.24) is 10.2 Å². The highest BCUT2D eigenvalue weighted by Gasteiger charge is 2.18. The summed E-state index contributed by atoms with van der Waals surface area (Å²) in [6.45, 7) is 4.30. The van der Waals surface area contributed by atoms with Gasteiger partial charge in [0.05, 0.1) is 0 Å². The lowest BCUT2D eigenvalue weighted by molar-refractivity contribution is -0.131. The summed E-state index contributed by atoms with van der Waals surface area (Å²) >= 11 is 0. The van der Waals surface area contributed by atoms with E-state index in [2.05, 4.69) is 5.32 Å². The van der Waals surface area contributed by atoms with E-state index in [-0.39, 0.29) is 12.5 Å². The Labute approximate surface area is 113 Å². The quantitative estimate of drug-likeness (QED) is 0.882. The van der Waals surface area contributed by atoms with Crippen molar-refractivity contribution in [1.29, 1.82) is 0 Å². The molecule has 0 fully saturated rings. The van der Waals surface area contributed by atoms with E-state index in [1.807, 2.05) is 37.3 Å². The van der Waals surface area contributed by atoms with Crippen LogP contribution in [-0.4, -0.2) is 36.5 Å². The Hall–Kier alpha value is -2.04. The molecule has 1 aromatic rings. The lowest BCUT2D eigenvalue weighted by Gasteiger charge is -2.20. The van der Waals surface area contributed by atoms with Crippen molar-refractivity contribution >= 4 is 12.0 Å². The van der Waals surface area contributed by atoms with E-state index in [1.165, 1.54) is 0 Å². The molecular formula is C14H20N2O3. The molecule has 0 aliphatic rings. The molecule has 0 spiro atoms. The molecule has 0 aliphatic carbocycles. The molecule has 2 amide bonds. The monoisotopic (exact) mass is 264 g/mol. The SMILES string of the molecule is CCN(C)C(=O)C(C)NC(=O)OCc1ccccc1. The number of carbonyl (C=O) groups is 2. The normalized spacial score (nSPS) is 11.5. The number of rotatable bonds is 5. The van der Waals surface area contributed by atoms with Crippen LogP contribution in [0.5, 0.6) is 0 Å². The van der Waals surface area contributed by atoms with Crippen LogP contribution in [0.25, 0.3) is 0 Å². The lowest BCUT2D eigenvalue weighted by atomic mass is 10.2. The maximum absolute atomic E-state index is 11.7. The predicted octanol–water partition coefficient (Wildman–Crippen LogP) is 1.78. The van der Waals surface area contributed by atoms with Gasteiger partial charge in [-0.25, -0.2) is 4.79 Å². The van der Waals surface area contributed by atoms with Crippen molar-refractivity contribution in [2.45, 2.75) is 26.5 Å². The number of amides is 2. The summed E-state index contributed by atoms with van der Waals surface area (Å²) in [6.07, 6.45) is -0.589. The molecule has 0 saturated carbocycles. The first-order valence-corrected chi connectivity index (χ1v) is 6.26. The van der Waals surface area contributed by atoms with Gasteiger partial charge >= 0.3 is 6.09 Å². The van der Waals surface area contributed by atoms with Gasteiger partial charge in [-0.05, 0) is 19.4 Å². The summed E-state index contributed by atoms with van der Waals surface area (Å²) < 4.78 is 5.04. The minimum absolute atomic E-state index is 0.140. The van der Waals surface area contributed by atoms with Gasteiger partial charge in [0.15, 0.2) is 0 Å². The molecular weight excluding hydrogens is 244 g/mol. The highest BCUT2D eigenvalue weighted by atomic mass is 16.5. The number of hydrogen-bond acceptors (Lipinski definition) is 3. The Kier molecular flexibility index (Phi) is 5.85. The Bertz CT molecular complexity index is 420. The highest BCUT2D eigenvalue weighted by Crippen LogP contribution is 2.01. The van der Waals surface area contributed by atoms with Gasteiger partial charge in [-0.2, -0.15) is 0 Å². The zero-order valence-electron chi connectivity index (χ0n) is 11.6. The topological polar surface area (TPSA) is 58.6 Å². The van der Waals surface area contributed by atoms with Crippen molar-refractivity contribution in [3.63, 3.8) is 0 Å². The molecule has 1 rings (SSSR count). The average Bonchev–Trinajstić information content (AvgIpc) is 2.44. The van der Waals surface area contributed by atoms with E-state index in [4.69, 9.17) is 4.74 Å². The molecule has 1 aromatic carbocycles. The smallest absolute Gasteiger partial charge is 0.408 e. The summed E-state index contributed by atoms with van der Waals surface area (Å²) in [6, 6.07) is 8.79. The zero-order chi connectivity index (χ0) is 14.3. The molecule has 0 saturated heterocycles. The number of nitrogens with one attached hydrogen (secondary N) is 1. The first-order valence-electron chi connectivity index (χ1n) is 6.26. The van der Waals surface area contributed by atoms with Gasteiger partial charge in [0.1, 0.15) is 12.6 Å². The second-order valence-corrected chi connectivity index (χ2v) is 4.28. The van der Waals surface area contributed by atoms with Crippen molar-refractivity contribution in [3.8, 4) is 0 Å². The van der Waals surface area contributed by atoms with E-state index < -0.39 is 12.1 Å². The van der Waals surface area contributed by atoms with Gasteiger partial charge in [-0.3, -0.25) is 4.79 Å². The van der Waals surface area contributed by atoms with Crippen LogP contribution in [0.2, 0.25) is 0 Å². The molecule has 104 valence electrons. The van der Waals surface area contributed by atoms with Gasteiger partial charge in [0.25, 0.3) is 0 Å². The van der Waals surface area contributed by atoms with E-state index in [0.29, 0.717) is 6.54 Å². The molecule has 1 unspecified atom stereocenters. The third-order valence-corrected chi connectivity index (χ3v) is 2.77. The maximum atomic E-state index is 11.7. The molecule has 0 aliphatic heterocycles. The van der Waals surface area contributed by atoms with E-state index in [1.54, 1.807) is 18.9 Å². The number of alkyl carbamates (subject to hydrolysis) is 1. The van der Waals surface area contributed by atoms with Crippen LogP contribution in [0.4, 0.5) is 4.79 Å². The largest absolute Gasteiger partial charge is 0.445 e. The van der Waals surface area contributed by atoms with Gasteiger partial charge in [0, 0.05) is 13.6 Å². The van der Waals surface area contributed by atoms with Gasteiger partial charge < -0.3 is 15.0 Å². The summed E-state index contributed by atoms with van der Waals surface area (Å²) in [4.78, 5) is 24.8. The average molecular weight is 264 g/mol. The molecule has 19 heavy (non-hydrogen) atoms. The van der Waals surface area contributed by atoms with Gasteiger partial charge in [-0.15, -0.1) is 0 Å². The zero-order valence-corrected chi connectivity index (χ0v) is 11.6. The summed E-state index contributed by atoms with van der Waals surface area (Å²) in [5.74, 6) is -0.140. The molecule has 0 heterocycles. The van der Waals surface area contributed by atoms with Crippen molar-refractivity contribution < 1.29 is 14.3 Å². The van der Waals surface area contributed by atoms with Crippen LogP contribution in [0.1, 0.15) is 19.4 Å². The van der Waals surface area contributed by atoms with Gasteiger partial charge in [0.2, 0.25) is 5.91 Å². The number of benzene rings is 1. The first kappa shape index (κ1) is 15.0. The second-order valence-electron chi connectivity index (χ2n) is 4.28. The lowest BCUT2D eigenvalue weighted by Crippen LogP contribution is -2.45. The predicted molar refractivity (Wildman–Crippen MR) is 72.5 cm³/mol. The Morgan fingerprint density at radius 1 is 1.32 bits per heavy atom. The van der Waals surface area contributed by atoms with E-state index in [9.17, 15) is 9.59 Å². The van der Waals surface area contributed by atoms with Crippen LogP contribution < -0.4 is 5.32 Å². The van der Waals surface area contributed by atoms with Crippen LogP contribution in [0.3, 0.4) is 0 Å². The highest BCUT2D eigenvalue weighted by molar-refractivity contribution is 5.85. The number of nitrogens with zero attached hydrogens (tertiary/aromatic N) is 1. The van der Waals surface area contributed by atoms with Crippen LogP contribution >= 0.6 is 0 Å². The summed E-state index contributed by atoms with van der Waals surface area (Å²) in [5, 5.41) is 2.51. The molecule has 0 aromatic heterocycles. The molecule has 0 radical (unpaired) electrons. The molecule has 5 nitrogen and oxygen atoms in total. The minimum atomic E-state index is -0.590. The fourth-order valence-electron chi connectivity index (χ4n) is 1.49. The number of ether oxygens (including phenoxy) is 1. The van der Waals surface area contributed by atoms with E-state index in [0.717, 1.165) is 5.56 Å². The molecule has 0 bridgehead atoms. The standard InChI is InChI=1S/C14H20N2O3/c1-4-16(3)13(17)11(2)15-14(18)19-10-12-8-6-5-7-9-12/h5-9,11H,4,10H2,1-3H3,(H,15,18). The van der Waals surface area contributed by atoms with Crippen molar-refractivity contribution in [3.05, 3.63) is 35.9 Å². The Balaban J connectivity index is 2.37. The Morgan fingerprint density at radius 3 is 2.53 bits per heavy atom. The number of carbonyl (C=O) groups excluding carboxylic acids is 2. The van der Waals surface area contributed by atoms with Crippen molar-refractivity contribution in [2.24, 2.45) is 0 Å². The van der Waals surface area contributed by atoms with Crippen LogP contribution in [-0.2, 0) is 16.1 Å². The third kappa shape index (κ3) is 4.99. The number of likely N-dealkylation sites (N-methyl/N-ethyl adjacent to an activating group) is 1. The third-order valence-electron chi connectivity index (χ3n) is 2.77. The van der Waals surface area contributed by atoms with Crippen LogP contribution in [0, 0.1) is 0 Å². The van der Waals surface area contributed by atoms with Crippen LogP contribution in [0.15, 0.2) is 30.3 Å².